The van der Waals surface area contributed by atoms with Crippen LogP contribution in [0.5, 0.6) is 0 Å². The molecule has 0 aromatic heterocycles. The Labute approximate surface area is 67.0 Å². The van der Waals surface area contributed by atoms with Gasteiger partial charge in [0, 0.05) is 0 Å². The Hall–Kier alpha value is 0.470. The third-order valence-electron chi connectivity index (χ3n) is 2.50. The van der Waals surface area contributed by atoms with Crippen molar-refractivity contribution in [3.8, 4) is 0 Å². The second-order valence-electron chi connectivity index (χ2n) is 2.99. The van der Waals surface area contributed by atoms with Crippen molar-refractivity contribution in [2.45, 2.75) is 30.6 Å². The molecule has 1 aliphatic heterocycles. The van der Waals surface area contributed by atoms with Crippen LogP contribution < -0.4 is 21.2 Å². The molecule has 0 radical (unpaired) electrons. The molecule has 0 bridgehead atoms. The Balaban J connectivity index is 2.24. The summed E-state index contributed by atoms with van der Waals surface area (Å²) >= 11 is 0.478. The molecule has 0 saturated heterocycles. The average Bonchev–Trinajstić information content (AvgIpc) is 1.73. The van der Waals surface area contributed by atoms with Gasteiger partial charge in [-0.3, -0.25) is 0 Å². The van der Waals surface area contributed by atoms with Gasteiger partial charge in [0.1, 0.15) is 0 Å². The van der Waals surface area contributed by atoms with Crippen LogP contribution in [-0.2, 0) is 0 Å². The minimum absolute atomic E-state index is 0.478. The van der Waals surface area contributed by atoms with Crippen molar-refractivity contribution in [1.82, 2.24) is 0 Å². The summed E-state index contributed by atoms with van der Waals surface area (Å²) in [6.45, 7) is 4.80. The molecule has 0 amide bonds. The molecule has 1 heteroatoms. The second-order valence-corrected chi connectivity index (χ2v) is 7.20. The van der Waals surface area contributed by atoms with E-state index < -0.39 is 0 Å². The number of hydrogen-bond acceptors (Lipinski definition) is 0. The Morgan fingerprint density at radius 1 is 1.56 bits per heavy atom. The van der Waals surface area contributed by atoms with Gasteiger partial charge in [-0.2, -0.15) is 0 Å². The van der Waals surface area contributed by atoms with Crippen LogP contribution in [0.1, 0.15) is 26.7 Å². The van der Waals surface area contributed by atoms with Crippen LogP contribution in [0.4, 0.5) is 0 Å². The molecule has 1 heterocycles. The number of hydrogen-bond donors (Lipinski definition) is 0. The fourth-order valence-electron chi connectivity index (χ4n) is 1.79. The maximum absolute atomic E-state index is 2.44. The molecule has 0 aromatic carbocycles. The zero-order valence-corrected chi connectivity index (χ0v) is 8.10. The van der Waals surface area contributed by atoms with Gasteiger partial charge in [0.15, 0.2) is 0 Å². The zero-order chi connectivity index (χ0) is 6.43. The third-order valence-corrected chi connectivity index (χ3v) is 5.98. The van der Waals surface area contributed by atoms with E-state index in [2.05, 4.69) is 13.8 Å². The molecule has 2 unspecified atom stereocenters. The number of rotatable bonds is 0. The molecule has 2 atom stereocenters. The van der Waals surface area contributed by atoms with Gasteiger partial charge in [-0.25, -0.2) is 0 Å². The molecule has 2 aliphatic rings. The third kappa shape index (κ3) is 0.769. The van der Waals surface area contributed by atoms with Gasteiger partial charge in [0.2, 0.25) is 0 Å². The van der Waals surface area contributed by atoms with Gasteiger partial charge >= 0.3 is 66.9 Å². The molecule has 0 nitrogen and oxygen atoms in total. The Kier molecular flexibility index (Phi) is 1.36. The van der Waals surface area contributed by atoms with Crippen molar-refractivity contribution in [3.63, 3.8) is 0 Å². The zero-order valence-electron chi connectivity index (χ0n) is 5.95. The van der Waals surface area contributed by atoms with Crippen molar-refractivity contribution < 1.29 is 21.2 Å². The number of alkyl halides is 1. The van der Waals surface area contributed by atoms with Crippen LogP contribution in [0.25, 0.3) is 0 Å². The molecule has 9 heavy (non-hydrogen) atoms. The molecule has 0 aromatic rings. The van der Waals surface area contributed by atoms with Crippen LogP contribution in [0, 0.1) is 5.92 Å². The van der Waals surface area contributed by atoms with Gasteiger partial charge < -0.3 is 0 Å². The number of halogens is 1. The van der Waals surface area contributed by atoms with Gasteiger partial charge in [0.05, 0.1) is 0 Å². The van der Waals surface area contributed by atoms with Crippen molar-refractivity contribution in [1.29, 1.82) is 0 Å². The first-order valence-corrected chi connectivity index (χ1v) is 5.94. The van der Waals surface area contributed by atoms with E-state index in [1.165, 1.54) is 12.8 Å². The number of fused-ring (bicyclic) bond motifs is 1. The summed E-state index contributed by atoms with van der Waals surface area (Å²) in [6.07, 6.45) is 2.95. The summed E-state index contributed by atoms with van der Waals surface area (Å²) in [5.41, 5.74) is 1.86. The first kappa shape index (κ1) is 6.20. The Morgan fingerprint density at radius 3 is 2.56 bits per heavy atom. The molecular weight excluding hydrogens is 223 g/mol. The van der Waals surface area contributed by atoms with E-state index in [0.29, 0.717) is 21.2 Å². The first-order valence-electron chi connectivity index (χ1n) is 3.62. The molecule has 0 N–H and O–H groups in total. The monoisotopic (exact) mass is 235 g/mol. The van der Waals surface area contributed by atoms with Gasteiger partial charge in [0.25, 0.3) is 0 Å². The van der Waals surface area contributed by atoms with Crippen LogP contribution in [0.15, 0.2) is 9.15 Å². The minimum atomic E-state index is 0.478. The van der Waals surface area contributed by atoms with Crippen molar-refractivity contribution >= 4 is 0 Å². The Morgan fingerprint density at radius 2 is 2.33 bits per heavy atom. The summed E-state index contributed by atoms with van der Waals surface area (Å²) in [7, 11) is 0. The standard InChI is InChI=1S/C8H12I/c1-5-7-3-4-8(7)6(2)9-5/h5,7H,3-4H2,1-2H3/q-1. The predicted octanol–water partition coefficient (Wildman–Crippen LogP) is -0.838. The average molecular weight is 235 g/mol. The van der Waals surface area contributed by atoms with E-state index in [9.17, 15) is 0 Å². The first-order chi connectivity index (χ1) is 4.29. The van der Waals surface area contributed by atoms with Gasteiger partial charge in [-0.05, 0) is 0 Å². The SMILES string of the molecule is CC1=C2CCC2C(C)[I-]1. The van der Waals surface area contributed by atoms with E-state index in [4.69, 9.17) is 0 Å². The van der Waals surface area contributed by atoms with Crippen LogP contribution >= 0.6 is 0 Å². The summed E-state index contributed by atoms with van der Waals surface area (Å²) in [5, 5.41) is 0. The fourth-order valence-corrected chi connectivity index (χ4v) is 5.57. The predicted molar refractivity (Wildman–Crippen MR) is 34.9 cm³/mol. The van der Waals surface area contributed by atoms with Crippen LogP contribution in [0.3, 0.4) is 0 Å². The van der Waals surface area contributed by atoms with E-state index in [1.54, 1.807) is 0 Å². The van der Waals surface area contributed by atoms with Gasteiger partial charge in [-0.15, -0.1) is 0 Å². The van der Waals surface area contributed by atoms with E-state index in [0.717, 1.165) is 9.84 Å². The van der Waals surface area contributed by atoms with Crippen molar-refractivity contribution in [2.24, 2.45) is 5.92 Å². The molecule has 1 saturated carbocycles. The number of allylic oxidation sites excluding steroid dienone is 2. The summed E-state index contributed by atoms with van der Waals surface area (Å²) in [4.78, 5) is 0. The van der Waals surface area contributed by atoms with Crippen molar-refractivity contribution in [2.75, 3.05) is 0 Å². The molecule has 2 rings (SSSR count). The van der Waals surface area contributed by atoms with Crippen LogP contribution in [0.2, 0.25) is 0 Å². The van der Waals surface area contributed by atoms with E-state index >= 15 is 0 Å². The van der Waals surface area contributed by atoms with Crippen LogP contribution in [-0.4, -0.2) is 3.92 Å². The second kappa shape index (κ2) is 1.97. The summed E-state index contributed by atoms with van der Waals surface area (Å²) < 4.78 is 2.91. The topological polar surface area (TPSA) is 0 Å². The summed E-state index contributed by atoms with van der Waals surface area (Å²) in [5.74, 6) is 1.07. The fraction of sp³-hybridized carbons (Fsp3) is 0.750. The molecule has 0 spiro atoms. The maximum atomic E-state index is 2.44. The normalized spacial score (nSPS) is 41.6. The van der Waals surface area contributed by atoms with Gasteiger partial charge in [-0.1, -0.05) is 0 Å². The molecule has 1 aliphatic carbocycles. The summed E-state index contributed by atoms with van der Waals surface area (Å²) in [6, 6.07) is 0. The van der Waals surface area contributed by atoms with E-state index in [1.807, 2.05) is 9.15 Å². The quantitative estimate of drug-likeness (QED) is 0.379. The molecule has 1 fully saturated rings. The van der Waals surface area contributed by atoms with E-state index in [-0.39, 0.29) is 0 Å². The molecule has 52 valence electrons. The van der Waals surface area contributed by atoms with Crippen molar-refractivity contribution in [3.05, 3.63) is 9.15 Å². The molecular formula is C8H12I-. The Bertz CT molecular complexity index is 169.